The van der Waals surface area contributed by atoms with Gasteiger partial charge in [-0.25, -0.2) is 13.2 Å². The Hall–Kier alpha value is -2.51. The molecule has 0 unspecified atom stereocenters. The highest BCUT2D eigenvalue weighted by molar-refractivity contribution is 7.92. The van der Waals surface area contributed by atoms with Gasteiger partial charge in [0.15, 0.2) is 0 Å². The molecule has 0 aliphatic heterocycles. The highest BCUT2D eigenvalue weighted by Gasteiger charge is 2.29. The van der Waals surface area contributed by atoms with E-state index >= 15 is 0 Å². The molecule has 33 heavy (non-hydrogen) atoms. The first-order chi connectivity index (χ1) is 15.8. The zero-order valence-electron chi connectivity index (χ0n) is 18.8. The Labute approximate surface area is 199 Å². The number of aryl methyl sites for hydroxylation is 1. The van der Waals surface area contributed by atoms with Crippen molar-refractivity contribution in [1.82, 2.24) is 0 Å². The van der Waals surface area contributed by atoms with E-state index in [4.69, 9.17) is 20.8 Å². The molecule has 1 fully saturated rings. The lowest BCUT2D eigenvalue weighted by molar-refractivity contribution is 0.0491. The summed E-state index contributed by atoms with van der Waals surface area (Å²) in [5.74, 6) is -0.0963. The minimum Gasteiger partial charge on any atom is -0.460 e. The summed E-state index contributed by atoms with van der Waals surface area (Å²) in [5.41, 5.74) is 1.69. The highest BCUT2D eigenvalue weighted by atomic mass is 35.5. The summed E-state index contributed by atoms with van der Waals surface area (Å²) in [7, 11) is -3.82. The molecular formula is C25H28ClNO5S. The lowest BCUT2D eigenvalue weighted by Gasteiger charge is -2.31. The first-order valence-corrected chi connectivity index (χ1v) is 13.1. The van der Waals surface area contributed by atoms with Gasteiger partial charge in [0.25, 0.3) is 10.0 Å². The van der Waals surface area contributed by atoms with Crippen molar-refractivity contribution in [2.75, 3.05) is 17.5 Å². The normalized spacial score (nSPS) is 15.0. The van der Waals surface area contributed by atoms with Crippen LogP contribution >= 0.6 is 11.6 Å². The van der Waals surface area contributed by atoms with Gasteiger partial charge in [0.05, 0.1) is 17.2 Å². The molecule has 1 heterocycles. The van der Waals surface area contributed by atoms with Crippen molar-refractivity contribution < 1.29 is 22.4 Å². The quantitative estimate of drug-likeness (QED) is 0.361. The molecule has 1 aromatic heterocycles. The van der Waals surface area contributed by atoms with E-state index < -0.39 is 16.0 Å². The topological polar surface area (TPSA) is 76.8 Å². The van der Waals surface area contributed by atoms with Crippen LogP contribution in [0.25, 0.3) is 11.0 Å². The number of esters is 1. The summed E-state index contributed by atoms with van der Waals surface area (Å²) in [6, 6.07) is 11.5. The Morgan fingerprint density at radius 3 is 2.48 bits per heavy atom. The molecule has 0 bridgehead atoms. The molecule has 3 aromatic rings. The van der Waals surface area contributed by atoms with Crippen LogP contribution in [0.3, 0.4) is 0 Å². The number of ether oxygens (including phenoxy) is 1. The number of hydrogen-bond donors (Lipinski definition) is 0. The van der Waals surface area contributed by atoms with Crippen molar-refractivity contribution in [3.05, 3.63) is 58.8 Å². The number of carbonyl (C=O) groups excluding carboxylic acids is 1. The van der Waals surface area contributed by atoms with E-state index in [2.05, 4.69) is 0 Å². The van der Waals surface area contributed by atoms with E-state index in [1.165, 1.54) is 22.9 Å². The van der Waals surface area contributed by atoms with Crippen molar-refractivity contribution in [2.24, 2.45) is 5.92 Å². The number of sulfonamides is 1. The third kappa shape index (κ3) is 4.89. The molecule has 0 radical (unpaired) electrons. The number of furan rings is 1. The molecular weight excluding hydrogens is 462 g/mol. The van der Waals surface area contributed by atoms with Crippen LogP contribution in [0.2, 0.25) is 5.02 Å². The van der Waals surface area contributed by atoms with Crippen LogP contribution in [0.15, 0.2) is 51.8 Å². The lowest BCUT2D eigenvalue weighted by atomic mass is 9.89. The van der Waals surface area contributed by atoms with Gasteiger partial charge in [-0.15, -0.1) is 0 Å². The van der Waals surface area contributed by atoms with Gasteiger partial charge in [0.1, 0.15) is 5.58 Å². The average Bonchev–Trinajstić information content (AvgIpc) is 3.14. The predicted molar refractivity (Wildman–Crippen MR) is 129 cm³/mol. The number of carbonyl (C=O) groups is 1. The van der Waals surface area contributed by atoms with E-state index in [1.807, 2.05) is 0 Å². The lowest BCUT2D eigenvalue weighted by Crippen LogP contribution is -2.36. The second kappa shape index (κ2) is 9.77. The Kier molecular flexibility index (Phi) is 7.00. The molecule has 2 aromatic carbocycles. The van der Waals surface area contributed by atoms with E-state index in [9.17, 15) is 13.2 Å². The molecule has 0 saturated heterocycles. The van der Waals surface area contributed by atoms with Gasteiger partial charge in [-0.1, -0.05) is 30.9 Å². The van der Waals surface area contributed by atoms with Gasteiger partial charge >= 0.3 is 5.97 Å². The number of halogens is 1. The third-order valence-corrected chi connectivity index (χ3v) is 8.28. The molecule has 0 amide bonds. The van der Waals surface area contributed by atoms with Crippen LogP contribution < -0.4 is 4.31 Å². The SMILES string of the molecule is CCOC(=O)c1oc2ccc(N(CC3CCCCC3)S(=O)(=O)c3ccc(Cl)cc3)cc2c1C. The number of rotatable bonds is 7. The Bertz CT molecular complexity index is 1240. The summed E-state index contributed by atoms with van der Waals surface area (Å²) >= 11 is 5.99. The molecule has 8 heteroatoms. The van der Waals surface area contributed by atoms with Crippen molar-refractivity contribution in [3.8, 4) is 0 Å². The van der Waals surface area contributed by atoms with Crippen LogP contribution in [-0.2, 0) is 14.8 Å². The zero-order valence-corrected chi connectivity index (χ0v) is 20.4. The summed E-state index contributed by atoms with van der Waals surface area (Å²) < 4.78 is 39.7. The minimum atomic E-state index is -3.82. The van der Waals surface area contributed by atoms with Crippen molar-refractivity contribution in [1.29, 1.82) is 0 Å². The predicted octanol–water partition coefficient (Wildman–Crippen LogP) is 6.35. The standard InChI is InChI=1S/C25H28ClNO5S/c1-3-31-25(28)24-17(2)22-15-20(11-14-23(22)32-24)27(16-18-7-5-4-6-8-18)33(29,30)21-12-9-19(26)10-13-21/h9-15,18H,3-8,16H2,1-2H3. The fourth-order valence-electron chi connectivity index (χ4n) is 4.44. The van der Waals surface area contributed by atoms with Gasteiger partial charge in [-0.2, -0.15) is 0 Å². The summed E-state index contributed by atoms with van der Waals surface area (Å²) in [5, 5.41) is 1.17. The Morgan fingerprint density at radius 1 is 1.12 bits per heavy atom. The van der Waals surface area contributed by atoms with Crippen molar-refractivity contribution >= 4 is 44.3 Å². The zero-order chi connectivity index (χ0) is 23.6. The van der Waals surface area contributed by atoms with E-state index in [0.29, 0.717) is 33.8 Å². The Morgan fingerprint density at radius 2 is 1.82 bits per heavy atom. The van der Waals surface area contributed by atoms with E-state index in [-0.39, 0.29) is 23.2 Å². The number of nitrogens with zero attached hydrogens (tertiary/aromatic N) is 1. The molecule has 6 nitrogen and oxygen atoms in total. The average molecular weight is 490 g/mol. The first-order valence-electron chi connectivity index (χ1n) is 11.3. The van der Waals surface area contributed by atoms with Gasteiger partial charge in [-0.05, 0) is 75.1 Å². The first kappa shape index (κ1) is 23.6. The van der Waals surface area contributed by atoms with E-state index in [1.54, 1.807) is 44.2 Å². The molecule has 1 aliphatic rings. The Balaban J connectivity index is 1.78. The van der Waals surface area contributed by atoms with Crippen molar-refractivity contribution in [3.63, 3.8) is 0 Å². The van der Waals surface area contributed by atoms with Crippen LogP contribution in [0.4, 0.5) is 5.69 Å². The molecule has 0 N–H and O–H groups in total. The van der Waals surface area contributed by atoms with Crippen LogP contribution in [-0.4, -0.2) is 27.5 Å². The fourth-order valence-corrected chi connectivity index (χ4v) is 6.09. The van der Waals surface area contributed by atoms with Crippen molar-refractivity contribution in [2.45, 2.75) is 50.8 Å². The smallest absolute Gasteiger partial charge is 0.374 e. The molecule has 1 aliphatic carbocycles. The number of hydrogen-bond acceptors (Lipinski definition) is 5. The summed E-state index contributed by atoms with van der Waals surface area (Å²) in [4.78, 5) is 12.4. The highest BCUT2D eigenvalue weighted by Crippen LogP contribution is 2.34. The maximum atomic E-state index is 13.7. The number of anilines is 1. The monoisotopic (exact) mass is 489 g/mol. The number of fused-ring (bicyclic) bond motifs is 1. The maximum absolute atomic E-state index is 13.7. The van der Waals surface area contributed by atoms with Gasteiger partial charge in [0, 0.05) is 22.5 Å². The fraction of sp³-hybridized carbons (Fsp3) is 0.400. The second-order valence-corrected chi connectivity index (χ2v) is 10.7. The minimum absolute atomic E-state index is 0.142. The van der Waals surface area contributed by atoms with Gasteiger partial charge < -0.3 is 9.15 Å². The van der Waals surface area contributed by atoms with Gasteiger partial charge in [0.2, 0.25) is 5.76 Å². The molecule has 0 atom stereocenters. The van der Waals surface area contributed by atoms with Crippen LogP contribution in [0, 0.1) is 12.8 Å². The second-order valence-electron chi connectivity index (χ2n) is 8.45. The summed E-state index contributed by atoms with van der Waals surface area (Å²) in [6.07, 6.45) is 5.43. The van der Waals surface area contributed by atoms with Crippen LogP contribution in [0.5, 0.6) is 0 Å². The number of benzene rings is 2. The molecule has 176 valence electrons. The summed E-state index contributed by atoms with van der Waals surface area (Å²) in [6.45, 7) is 4.16. The van der Waals surface area contributed by atoms with Crippen LogP contribution in [0.1, 0.15) is 55.1 Å². The van der Waals surface area contributed by atoms with E-state index in [0.717, 1.165) is 25.7 Å². The molecule has 0 spiro atoms. The third-order valence-electron chi connectivity index (χ3n) is 6.22. The molecule has 4 rings (SSSR count). The van der Waals surface area contributed by atoms with Gasteiger partial charge in [-0.3, -0.25) is 4.31 Å². The maximum Gasteiger partial charge on any atom is 0.374 e. The largest absolute Gasteiger partial charge is 0.460 e. The molecule has 1 saturated carbocycles.